The third-order valence-corrected chi connectivity index (χ3v) is 2.91. The van der Waals surface area contributed by atoms with Crippen LogP contribution in [0.5, 0.6) is 0 Å². The molecule has 0 fully saturated rings. The molecule has 1 amide bonds. The highest BCUT2D eigenvalue weighted by Gasteiger charge is 2.11. The van der Waals surface area contributed by atoms with E-state index in [9.17, 15) is 4.79 Å². The summed E-state index contributed by atoms with van der Waals surface area (Å²) in [5.41, 5.74) is 10.1. The number of aryl methyl sites for hydroxylation is 3. The van der Waals surface area contributed by atoms with E-state index < -0.39 is 0 Å². The lowest BCUT2D eigenvalue weighted by molar-refractivity contribution is -0.116. The van der Waals surface area contributed by atoms with Gasteiger partial charge in [0.15, 0.2) is 0 Å². The van der Waals surface area contributed by atoms with Crippen molar-refractivity contribution in [3.05, 3.63) is 28.8 Å². The summed E-state index contributed by atoms with van der Waals surface area (Å²) in [6.07, 6.45) is 1.20. The Balaban J connectivity index is 2.78. The molecule has 1 aromatic carbocycles. The third-order valence-electron chi connectivity index (χ3n) is 2.91. The topological polar surface area (TPSA) is 55.1 Å². The largest absolute Gasteiger partial charge is 0.327 e. The Kier molecular flexibility index (Phi) is 4.70. The normalized spacial score (nSPS) is 12.3. The van der Waals surface area contributed by atoms with Gasteiger partial charge in [-0.2, -0.15) is 0 Å². The molecule has 0 aliphatic rings. The smallest absolute Gasteiger partial charge is 0.225 e. The quantitative estimate of drug-likeness (QED) is 0.841. The van der Waals surface area contributed by atoms with Gasteiger partial charge in [0.05, 0.1) is 0 Å². The van der Waals surface area contributed by atoms with E-state index in [1.54, 1.807) is 0 Å². The molecule has 0 heterocycles. The summed E-state index contributed by atoms with van der Waals surface area (Å²) in [6.45, 7) is 8.06. The molecule has 0 aliphatic heterocycles. The van der Waals surface area contributed by atoms with E-state index in [1.165, 1.54) is 5.56 Å². The van der Waals surface area contributed by atoms with Gasteiger partial charge in [0, 0.05) is 18.2 Å². The van der Waals surface area contributed by atoms with Gasteiger partial charge in [-0.05, 0) is 38.3 Å². The number of anilines is 1. The van der Waals surface area contributed by atoms with Gasteiger partial charge in [0.2, 0.25) is 5.91 Å². The maximum Gasteiger partial charge on any atom is 0.225 e. The van der Waals surface area contributed by atoms with Crippen LogP contribution >= 0.6 is 0 Å². The fourth-order valence-electron chi connectivity index (χ4n) is 1.95. The number of carbonyl (C=O) groups is 1. The first-order valence-corrected chi connectivity index (χ1v) is 6.07. The zero-order valence-electron chi connectivity index (χ0n) is 11.1. The number of carbonyl (C=O) groups excluding carboxylic acids is 1. The van der Waals surface area contributed by atoms with Gasteiger partial charge >= 0.3 is 0 Å². The summed E-state index contributed by atoms with van der Waals surface area (Å²) >= 11 is 0. The molecule has 0 saturated heterocycles. The van der Waals surface area contributed by atoms with Gasteiger partial charge in [-0.15, -0.1) is 0 Å². The van der Waals surface area contributed by atoms with Gasteiger partial charge in [0.1, 0.15) is 0 Å². The second-order valence-electron chi connectivity index (χ2n) is 4.69. The average molecular weight is 234 g/mol. The Bertz CT molecular complexity index is 390. The summed E-state index contributed by atoms with van der Waals surface area (Å²) in [5.74, 6) is -0.00518. The lowest BCUT2D eigenvalue weighted by Gasteiger charge is -2.14. The molecule has 0 bridgehead atoms. The number of nitrogens with two attached hydrogens (primary N) is 1. The van der Waals surface area contributed by atoms with E-state index in [2.05, 4.69) is 24.4 Å². The zero-order valence-corrected chi connectivity index (χ0v) is 11.1. The van der Waals surface area contributed by atoms with E-state index in [0.29, 0.717) is 6.42 Å². The van der Waals surface area contributed by atoms with E-state index in [1.807, 2.05) is 20.8 Å². The van der Waals surface area contributed by atoms with Gasteiger partial charge in [-0.3, -0.25) is 4.79 Å². The van der Waals surface area contributed by atoms with Crippen molar-refractivity contribution in [1.82, 2.24) is 0 Å². The molecule has 0 radical (unpaired) electrons. The van der Waals surface area contributed by atoms with Gasteiger partial charge in [-0.25, -0.2) is 0 Å². The van der Waals surface area contributed by atoms with Crippen molar-refractivity contribution in [2.24, 2.45) is 5.73 Å². The number of nitrogens with one attached hydrogen (secondary N) is 1. The summed E-state index contributed by atoms with van der Waals surface area (Å²) < 4.78 is 0. The number of amides is 1. The monoisotopic (exact) mass is 234 g/mol. The van der Waals surface area contributed by atoms with E-state index in [0.717, 1.165) is 23.2 Å². The van der Waals surface area contributed by atoms with Crippen molar-refractivity contribution in [3.8, 4) is 0 Å². The van der Waals surface area contributed by atoms with Crippen molar-refractivity contribution < 1.29 is 4.79 Å². The molecule has 0 aliphatic carbocycles. The van der Waals surface area contributed by atoms with Crippen LogP contribution in [0.1, 0.15) is 36.5 Å². The SMILES string of the molecule is CCC(N)CC(=O)Nc1c(C)cc(C)cc1C. The molecule has 1 aromatic rings. The number of hydrogen-bond donors (Lipinski definition) is 2. The minimum atomic E-state index is -0.0546. The summed E-state index contributed by atoms with van der Waals surface area (Å²) in [6, 6.07) is 4.09. The van der Waals surface area contributed by atoms with Crippen LogP contribution in [0.25, 0.3) is 0 Å². The maximum absolute atomic E-state index is 11.8. The first kappa shape index (κ1) is 13.7. The summed E-state index contributed by atoms with van der Waals surface area (Å²) in [7, 11) is 0. The zero-order chi connectivity index (χ0) is 13.0. The third kappa shape index (κ3) is 3.86. The van der Waals surface area contributed by atoms with Crippen molar-refractivity contribution in [3.63, 3.8) is 0 Å². The number of benzene rings is 1. The number of hydrogen-bond acceptors (Lipinski definition) is 2. The van der Waals surface area contributed by atoms with Crippen LogP contribution in [0.15, 0.2) is 12.1 Å². The Morgan fingerprint density at radius 3 is 2.29 bits per heavy atom. The van der Waals surface area contributed by atoms with E-state index in [4.69, 9.17) is 5.73 Å². The first-order chi connectivity index (χ1) is 7.93. The van der Waals surface area contributed by atoms with Crippen molar-refractivity contribution in [1.29, 1.82) is 0 Å². The van der Waals surface area contributed by atoms with E-state index in [-0.39, 0.29) is 11.9 Å². The summed E-state index contributed by atoms with van der Waals surface area (Å²) in [5, 5.41) is 2.95. The molecule has 3 N–H and O–H groups in total. The minimum Gasteiger partial charge on any atom is -0.327 e. The molecule has 0 spiro atoms. The Hall–Kier alpha value is -1.35. The van der Waals surface area contributed by atoms with Crippen molar-refractivity contribution in [2.45, 2.75) is 46.6 Å². The molecular formula is C14H22N2O. The average Bonchev–Trinajstić information content (AvgIpc) is 2.23. The van der Waals surface area contributed by atoms with Crippen molar-refractivity contribution >= 4 is 11.6 Å². The standard InChI is InChI=1S/C14H22N2O/c1-5-12(15)8-13(17)16-14-10(3)6-9(2)7-11(14)4/h6-7,12H,5,8,15H2,1-4H3,(H,16,17). The fraction of sp³-hybridized carbons (Fsp3) is 0.500. The van der Waals surface area contributed by atoms with Gasteiger partial charge in [-0.1, -0.05) is 24.6 Å². The second kappa shape index (κ2) is 5.82. The van der Waals surface area contributed by atoms with Crippen LogP contribution in [0.3, 0.4) is 0 Å². The molecule has 17 heavy (non-hydrogen) atoms. The first-order valence-electron chi connectivity index (χ1n) is 6.07. The van der Waals surface area contributed by atoms with Crippen molar-refractivity contribution in [2.75, 3.05) is 5.32 Å². The second-order valence-corrected chi connectivity index (χ2v) is 4.69. The highest BCUT2D eigenvalue weighted by molar-refractivity contribution is 5.92. The van der Waals surface area contributed by atoms with Crippen LogP contribution in [-0.4, -0.2) is 11.9 Å². The molecular weight excluding hydrogens is 212 g/mol. The molecule has 1 unspecified atom stereocenters. The molecule has 0 aromatic heterocycles. The summed E-state index contributed by atoms with van der Waals surface area (Å²) in [4.78, 5) is 11.8. The molecule has 1 atom stereocenters. The predicted octanol–water partition coefficient (Wildman–Crippen LogP) is 2.68. The molecule has 1 rings (SSSR count). The lowest BCUT2D eigenvalue weighted by Crippen LogP contribution is -2.26. The highest BCUT2D eigenvalue weighted by Crippen LogP contribution is 2.22. The molecule has 94 valence electrons. The highest BCUT2D eigenvalue weighted by atomic mass is 16.1. The fourth-order valence-corrected chi connectivity index (χ4v) is 1.95. The van der Waals surface area contributed by atoms with Crippen LogP contribution in [0.4, 0.5) is 5.69 Å². The predicted molar refractivity (Wildman–Crippen MR) is 72.2 cm³/mol. The Morgan fingerprint density at radius 2 is 1.82 bits per heavy atom. The lowest BCUT2D eigenvalue weighted by atomic mass is 10.0. The van der Waals surface area contributed by atoms with Gasteiger partial charge < -0.3 is 11.1 Å². The van der Waals surface area contributed by atoms with Crippen LogP contribution in [0.2, 0.25) is 0 Å². The molecule has 3 nitrogen and oxygen atoms in total. The molecule has 0 saturated carbocycles. The van der Waals surface area contributed by atoms with Gasteiger partial charge in [0.25, 0.3) is 0 Å². The Labute approximate surface area is 103 Å². The Morgan fingerprint density at radius 1 is 1.29 bits per heavy atom. The number of rotatable bonds is 4. The maximum atomic E-state index is 11.8. The van der Waals surface area contributed by atoms with E-state index >= 15 is 0 Å². The minimum absolute atomic E-state index is 0.00518. The van der Waals surface area contributed by atoms with Crippen LogP contribution < -0.4 is 11.1 Å². The van der Waals surface area contributed by atoms with Crippen LogP contribution in [-0.2, 0) is 4.79 Å². The molecule has 3 heteroatoms. The van der Waals surface area contributed by atoms with Crippen LogP contribution in [0, 0.1) is 20.8 Å².